The summed E-state index contributed by atoms with van der Waals surface area (Å²) in [7, 11) is 1.71. The highest BCUT2D eigenvalue weighted by molar-refractivity contribution is 5.95. The molecule has 0 saturated carbocycles. The fraction of sp³-hybridized carbons (Fsp3) is 0.0714. The van der Waals surface area contributed by atoms with Crippen LogP contribution in [0.4, 0.5) is 11.4 Å². The Kier molecular flexibility index (Phi) is 3.44. The lowest BCUT2D eigenvalue weighted by atomic mass is 10.1. The molecule has 94 valence electrons. The van der Waals surface area contributed by atoms with Crippen molar-refractivity contribution in [2.45, 2.75) is 0 Å². The van der Waals surface area contributed by atoms with E-state index in [1.807, 2.05) is 0 Å². The van der Waals surface area contributed by atoms with Crippen molar-refractivity contribution < 1.29 is 9.90 Å². The van der Waals surface area contributed by atoms with E-state index >= 15 is 0 Å². The highest BCUT2D eigenvalue weighted by Crippen LogP contribution is 2.28. The molecule has 0 aliphatic rings. The smallest absolute Gasteiger partial charge is 0.337 e. The molecule has 2 rings (SSSR count). The van der Waals surface area contributed by atoms with Crippen molar-refractivity contribution >= 4 is 17.3 Å². The van der Waals surface area contributed by atoms with Crippen LogP contribution in [0.25, 0.3) is 0 Å². The topological polar surface area (TPSA) is 77.2 Å². The number of aromatic nitrogens is 1. The molecular weight excluding hydrogens is 242 g/mol. The summed E-state index contributed by atoms with van der Waals surface area (Å²) < 4.78 is 0. The second-order valence-electron chi connectivity index (χ2n) is 3.89. The van der Waals surface area contributed by atoms with Crippen molar-refractivity contribution in [3.63, 3.8) is 0 Å². The van der Waals surface area contributed by atoms with Gasteiger partial charge in [-0.25, -0.2) is 4.79 Å². The van der Waals surface area contributed by atoms with Crippen molar-refractivity contribution in [3.8, 4) is 6.07 Å². The molecule has 0 atom stereocenters. The van der Waals surface area contributed by atoms with Crippen molar-refractivity contribution in [3.05, 3.63) is 53.9 Å². The van der Waals surface area contributed by atoms with Gasteiger partial charge in [0.15, 0.2) is 0 Å². The Hall–Kier alpha value is -2.87. The Bertz CT molecular complexity index is 662. The Labute approximate surface area is 110 Å². The fourth-order valence-corrected chi connectivity index (χ4v) is 1.82. The Morgan fingerprint density at radius 3 is 2.74 bits per heavy atom. The number of nitriles is 1. The number of hydrogen-bond acceptors (Lipinski definition) is 4. The van der Waals surface area contributed by atoms with Crippen LogP contribution in [0.5, 0.6) is 0 Å². The maximum absolute atomic E-state index is 11.2. The van der Waals surface area contributed by atoms with E-state index < -0.39 is 5.97 Å². The normalized spacial score (nSPS) is 9.68. The highest BCUT2D eigenvalue weighted by atomic mass is 16.4. The van der Waals surface area contributed by atoms with E-state index in [9.17, 15) is 4.79 Å². The summed E-state index contributed by atoms with van der Waals surface area (Å²) in [6, 6.07) is 10.5. The van der Waals surface area contributed by atoms with E-state index in [0.717, 1.165) is 0 Å². The summed E-state index contributed by atoms with van der Waals surface area (Å²) in [6.07, 6.45) is 2.90. The molecule has 0 fully saturated rings. The third kappa shape index (κ3) is 2.38. The van der Waals surface area contributed by atoms with Gasteiger partial charge in [-0.15, -0.1) is 0 Å². The maximum atomic E-state index is 11.2. The van der Waals surface area contributed by atoms with Crippen LogP contribution < -0.4 is 4.90 Å². The van der Waals surface area contributed by atoms with Crippen LogP contribution in [0, 0.1) is 11.3 Å². The minimum atomic E-state index is -1.03. The van der Waals surface area contributed by atoms with E-state index in [0.29, 0.717) is 16.9 Å². The Morgan fingerprint density at radius 2 is 2.05 bits per heavy atom. The van der Waals surface area contributed by atoms with Gasteiger partial charge in [0.2, 0.25) is 0 Å². The van der Waals surface area contributed by atoms with Gasteiger partial charge in [-0.3, -0.25) is 4.98 Å². The van der Waals surface area contributed by atoms with Crippen LogP contribution in [0.2, 0.25) is 0 Å². The number of rotatable bonds is 3. The van der Waals surface area contributed by atoms with Gasteiger partial charge < -0.3 is 10.0 Å². The number of nitrogens with zero attached hydrogens (tertiary/aromatic N) is 3. The fourth-order valence-electron chi connectivity index (χ4n) is 1.82. The molecule has 0 unspecified atom stereocenters. The standard InChI is InChI=1S/C14H11N3O2/c1-17(12-5-3-2-4-10(12)8-15)13-9-16-7-6-11(13)14(18)19/h2-7,9H,1H3,(H,18,19). The average molecular weight is 253 g/mol. The van der Waals surface area contributed by atoms with E-state index in [1.54, 1.807) is 36.2 Å². The number of pyridine rings is 1. The van der Waals surface area contributed by atoms with Gasteiger partial charge in [-0.05, 0) is 18.2 Å². The van der Waals surface area contributed by atoms with Gasteiger partial charge in [-0.2, -0.15) is 5.26 Å². The van der Waals surface area contributed by atoms with E-state index in [2.05, 4.69) is 11.1 Å². The average Bonchev–Trinajstić information content (AvgIpc) is 2.46. The lowest BCUT2D eigenvalue weighted by Crippen LogP contribution is -2.15. The predicted molar refractivity (Wildman–Crippen MR) is 70.4 cm³/mol. The lowest BCUT2D eigenvalue weighted by molar-refractivity contribution is 0.0697. The molecule has 5 heteroatoms. The molecule has 0 aliphatic heterocycles. The van der Waals surface area contributed by atoms with Gasteiger partial charge >= 0.3 is 5.97 Å². The summed E-state index contributed by atoms with van der Waals surface area (Å²) in [5.74, 6) is -1.03. The van der Waals surface area contributed by atoms with Crippen LogP contribution in [0.3, 0.4) is 0 Å². The van der Waals surface area contributed by atoms with Gasteiger partial charge in [-0.1, -0.05) is 12.1 Å². The van der Waals surface area contributed by atoms with E-state index in [1.165, 1.54) is 18.5 Å². The summed E-state index contributed by atoms with van der Waals surface area (Å²) in [6.45, 7) is 0. The number of para-hydroxylation sites is 1. The number of hydrogen-bond donors (Lipinski definition) is 1. The maximum Gasteiger partial charge on any atom is 0.337 e. The zero-order valence-electron chi connectivity index (χ0n) is 10.2. The number of aromatic carboxylic acids is 1. The molecule has 1 heterocycles. The van der Waals surface area contributed by atoms with E-state index in [4.69, 9.17) is 10.4 Å². The van der Waals surface area contributed by atoms with Crippen LogP contribution in [0.1, 0.15) is 15.9 Å². The zero-order chi connectivity index (χ0) is 13.8. The van der Waals surface area contributed by atoms with E-state index in [-0.39, 0.29) is 5.56 Å². The molecule has 1 aromatic heterocycles. The summed E-state index contributed by atoms with van der Waals surface area (Å²) in [5, 5.41) is 18.3. The first kappa shape index (κ1) is 12.6. The molecule has 0 spiro atoms. The molecule has 1 N–H and O–H groups in total. The van der Waals surface area contributed by atoms with Gasteiger partial charge in [0.05, 0.1) is 28.7 Å². The summed E-state index contributed by atoms with van der Waals surface area (Å²) in [4.78, 5) is 16.8. The first-order valence-corrected chi connectivity index (χ1v) is 5.55. The SMILES string of the molecule is CN(c1ccccc1C#N)c1cnccc1C(=O)O. The molecule has 1 aromatic carbocycles. The first-order chi connectivity index (χ1) is 9.15. The second kappa shape index (κ2) is 5.19. The number of anilines is 2. The van der Waals surface area contributed by atoms with Gasteiger partial charge in [0.25, 0.3) is 0 Å². The molecule has 0 aliphatic carbocycles. The summed E-state index contributed by atoms with van der Waals surface area (Å²) >= 11 is 0. The molecular formula is C14H11N3O2. The minimum Gasteiger partial charge on any atom is -0.478 e. The molecule has 0 bridgehead atoms. The van der Waals surface area contributed by atoms with Crippen molar-refractivity contribution in [2.75, 3.05) is 11.9 Å². The number of carbonyl (C=O) groups is 1. The Balaban J connectivity index is 2.54. The zero-order valence-corrected chi connectivity index (χ0v) is 10.2. The second-order valence-corrected chi connectivity index (χ2v) is 3.89. The van der Waals surface area contributed by atoms with Crippen LogP contribution in [-0.4, -0.2) is 23.1 Å². The molecule has 0 saturated heterocycles. The van der Waals surface area contributed by atoms with Gasteiger partial charge in [0.1, 0.15) is 6.07 Å². The number of carboxylic acids is 1. The molecule has 0 amide bonds. The highest BCUT2D eigenvalue weighted by Gasteiger charge is 2.16. The third-order valence-corrected chi connectivity index (χ3v) is 2.78. The minimum absolute atomic E-state index is 0.144. The van der Waals surface area contributed by atoms with Crippen LogP contribution >= 0.6 is 0 Å². The molecule has 2 aromatic rings. The van der Waals surface area contributed by atoms with Gasteiger partial charge in [0, 0.05) is 13.2 Å². The Morgan fingerprint density at radius 1 is 1.32 bits per heavy atom. The number of carboxylic acid groups (broad SMARTS) is 1. The van der Waals surface area contributed by atoms with Crippen molar-refractivity contribution in [2.24, 2.45) is 0 Å². The number of benzene rings is 1. The monoisotopic (exact) mass is 253 g/mol. The largest absolute Gasteiger partial charge is 0.478 e. The predicted octanol–water partition coefficient (Wildman–Crippen LogP) is 2.42. The summed E-state index contributed by atoms with van der Waals surface area (Å²) in [5.41, 5.74) is 1.70. The lowest BCUT2D eigenvalue weighted by Gasteiger charge is -2.21. The quantitative estimate of drug-likeness (QED) is 0.908. The third-order valence-electron chi connectivity index (χ3n) is 2.78. The van der Waals surface area contributed by atoms with Crippen molar-refractivity contribution in [1.29, 1.82) is 5.26 Å². The van der Waals surface area contributed by atoms with Crippen LogP contribution in [0.15, 0.2) is 42.7 Å². The molecule has 19 heavy (non-hydrogen) atoms. The first-order valence-electron chi connectivity index (χ1n) is 5.55. The van der Waals surface area contributed by atoms with Crippen molar-refractivity contribution in [1.82, 2.24) is 4.98 Å². The molecule has 0 radical (unpaired) electrons. The van der Waals surface area contributed by atoms with Crippen LogP contribution in [-0.2, 0) is 0 Å². The molecule has 5 nitrogen and oxygen atoms in total.